The van der Waals surface area contributed by atoms with Gasteiger partial charge in [0.25, 0.3) is 5.91 Å². The minimum atomic E-state index is -0.725. The zero-order valence-corrected chi connectivity index (χ0v) is 11.9. The lowest BCUT2D eigenvalue weighted by molar-refractivity contribution is 0.0124. The zero-order valence-electron chi connectivity index (χ0n) is 10.3. The number of nitrogens with one attached hydrogen (secondary N) is 1. The summed E-state index contributed by atoms with van der Waals surface area (Å²) in [5.41, 5.74) is -0.765. The Labute approximate surface area is 119 Å². The average Bonchev–Trinajstić information content (AvgIpc) is 2.39. The van der Waals surface area contributed by atoms with Crippen LogP contribution in [0.4, 0.5) is 4.39 Å². The van der Waals surface area contributed by atoms with Crippen LogP contribution in [0.15, 0.2) is 22.7 Å². The topological polar surface area (TPSA) is 58.6 Å². The van der Waals surface area contributed by atoms with Crippen molar-refractivity contribution in [2.24, 2.45) is 0 Å². The third-order valence-corrected chi connectivity index (χ3v) is 3.98. The number of hydrogen-bond donors (Lipinski definition) is 2. The van der Waals surface area contributed by atoms with E-state index in [0.29, 0.717) is 30.5 Å². The minimum absolute atomic E-state index is 0.0400. The summed E-state index contributed by atoms with van der Waals surface area (Å²) < 4.78 is 19.3. The van der Waals surface area contributed by atoms with Gasteiger partial charge in [-0.2, -0.15) is 0 Å². The maximum absolute atomic E-state index is 13.7. The summed E-state index contributed by atoms with van der Waals surface area (Å²) in [6.07, 6.45) is 1.03. The van der Waals surface area contributed by atoms with Gasteiger partial charge in [-0.15, -0.1) is 0 Å². The summed E-state index contributed by atoms with van der Waals surface area (Å²) in [7, 11) is 0. The first-order chi connectivity index (χ1) is 9.08. The smallest absolute Gasteiger partial charge is 0.255 e. The van der Waals surface area contributed by atoms with Crippen molar-refractivity contribution >= 4 is 21.8 Å². The number of benzene rings is 1. The molecule has 1 fully saturated rings. The van der Waals surface area contributed by atoms with Gasteiger partial charge < -0.3 is 15.2 Å². The van der Waals surface area contributed by atoms with Crippen LogP contribution in [0.5, 0.6) is 0 Å². The Kier molecular flexibility index (Phi) is 4.54. The Bertz CT molecular complexity index is 455. The lowest BCUT2D eigenvalue weighted by Crippen LogP contribution is -2.54. The zero-order chi connectivity index (χ0) is 13.9. The Morgan fingerprint density at radius 2 is 2.16 bits per heavy atom. The second-order valence-corrected chi connectivity index (χ2v) is 5.46. The molecule has 0 aromatic heterocycles. The van der Waals surface area contributed by atoms with Gasteiger partial charge in [0, 0.05) is 17.7 Å². The van der Waals surface area contributed by atoms with Crippen molar-refractivity contribution in [3.05, 3.63) is 34.1 Å². The molecule has 1 aromatic rings. The van der Waals surface area contributed by atoms with Crippen LogP contribution in [0.25, 0.3) is 0 Å². The van der Waals surface area contributed by atoms with Crippen molar-refractivity contribution in [2.75, 3.05) is 19.8 Å². The first-order valence-electron chi connectivity index (χ1n) is 6.03. The molecule has 2 N–H and O–H groups in total. The fourth-order valence-electron chi connectivity index (χ4n) is 2.10. The van der Waals surface area contributed by atoms with Crippen molar-refractivity contribution in [3.63, 3.8) is 0 Å². The quantitative estimate of drug-likeness (QED) is 0.888. The normalized spacial score (nSPS) is 18.1. The number of aliphatic hydroxyl groups excluding tert-OH is 1. The van der Waals surface area contributed by atoms with Crippen molar-refractivity contribution < 1.29 is 19.0 Å². The molecule has 1 saturated heterocycles. The van der Waals surface area contributed by atoms with E-state index in [2.05, 4.69) is 21.2 Å². The highest BCUT2D eigenvalue weighted by Gasteiger charge is 2.34. The fourth-order valence-corrected chi connectivity index (χ4v) is 2.62. The highest BCUT2D eigenvalue weighted by atomic mass is 79.9. The van der Waals surface area contributed by atoms with Crippen LogP contribution >= 0.6 is 15.9 Å². The molecule has 1 aromatic carbocycles. The third-order valence-electron chi connectivity index (χ3n) is 3.32. The molecule has 1 aliphatic heterocycles. The number of rotatable bonds is 3. The molecule has 6 heteroatoms. The Hall–Kier alpha value is -0.980. The van der Waals surface area contributed by atoms with E-state index in [9.17, 15) is 14.3 Å². The van der Waals surface area contributed by atoms with Crippen molar-refractivity contribution in [1.29, 1.82) is 0 Å². The SMILES string of the molecule is O=C(NC1(CO)CCOCC1)c1c(F)cccc1Br. The van der Waals surface area contributed by atoms with Crippen LogP contribution in [-0.4, -0.2) is 36.4 Å². The lowest BCUT2D eigenvalue weighted by atomic mass is 9.90. The molecule has 104 valence electrons. The number of carbonyl (C=O) groups excluding carboxylic acids is 1. The molecule has 0 atom stereocenters. The predicted octanol–water partition coefficient (Wildman–Crippen LogP) is 1.86. The van der Waals surface area contributed by atoms with Crippen molar-refractivity contribution in [3.8, 4) is 0 Å². The van der Waals surface area contributed by atoms with Gasteiger partial charge in [0.15, 0.2) is 0 Å². The molecule has 1 aliphatic rings. The van der Waals surface area contributed by atoms with E-state index in [1.807, 2.05) is 0 Å². The molecular formula is C13H15BrFNO3. The summed E-state index contributed by atoms with van der Waals surface area (Å²) in [5, 5.41) is 12.2. The molecule has 4 nitrogen and oxygen atoms in total. The fraction of sp³-hybridized carbons (Fsp3) is 0.462. The summed E-state index contributed by atoms with van der Waals surface area (Å²) >= 11 is 3.16. The van der Waals surface area contributed by atoms with E-state index in [-0.39, 0.29) is 12.2 Å². The van der Waals surface area contributed by atoms with Gasteiger partial charge in [0.2, 0.25) is 0 Å². The van der Waals surface area contributed by atoms with Crippen LogP contribution in [-0.2, 0) is 4.74 Å². The summed E-state index contributed by atoms with van der Waals surface area (Å²) in [4.78, 5) is 12.2. The number of hydrogen-bond acceptors (Lipinski definition) is 3. The van der Waals surface area contributed by atoms with Gasteiger partial charge in [0.1, 0.15) is 5.82 Å². The average molecular weight is 332 g/mol. The number of ether oxygens (including phenoxy) is 1. The second kappa shape index (κ2) is 5.98. The number of amides is 1. The van der Waals surface area contributed by atoms with Crippen LogP contribution in [0.3, 0.4) is 0 Å². The Morgan fingerprint density at radius 3 is 2.74 bits per heavy atom. The molecule has 0 aliphatic carbocycles. The van der Waals surface area contributed by atoms with E-state index in [1.165, 1.54) is 12.1 Å². The minimum Gasteiger partial charge on any atom is -0.394 e. The van der Waals surface area contributed by atoms with Crippen LogP contribution in [0, 0.1) is 5.82 Å². The van der Waals surface area contributed by atoms with Gasteiger partial charge in [-0.25, -0.2) is 4.39 Å². The summed E-state index contributed by atoms with van der Waals surface area (Å²) in [6.45, 7) is 0.757. The lowest BCUT2D eigenvalue weighted by Gasteiger charge is -2.36. The van der Waals surface area contributed by atoms with E-state index in [4.69, 9.17) is 4.74 Å². The van der Waals surface area contributed by atoms with Gasteiger partial charge in [0.05, 0.1) is 17.7 Å². The first kappa shape index (κ1) is 14.4. The first-order valence-corrected chi connectivity index (χ1v) is 6.82. The maximum Gasteiger partial charge on any atom is 0.255 e. The van der Waals surface area contributed by atoms with Gasteiger partial charge in [-0.1, -0.05) is 6.07 Å². The molecule has 0 spiro atoms. The molecule has 1 amide bonds. The van der Waals surface area contributed by atoms with E-state index < -0.39 is 17.3 Å². The van der Waals surface area contributed by atoms with Crippen molar-refractivity contribution in [1.82, 2.24) is 5.32 Å². The third kappa shape index (κ3) is 3.13. The highest BCUT2D eigenvalue weighted by molar-refractivity contribution is 9.10. The second-order valence-electron chi connectivity index (χ2n) is 4.60. The predicted molar refractivity (Wildman–Crippen MR) is 71.4 cm³/mol. The molecule has 19 heavy (non-hydrogen) atoms. The largest absolute Gasteiger partial charge is 0.394 e. The van der Waals surface area contributed by atoms with Crippen LogP contribution < -0.4 is 5.32 Å². The number of halogens is 2. The molecule has 0 saturated carbocycles. The molecule has 2 rings (SSSR count). The molecule has 0 radical (unpaired) electrons. The Balaban J connectivity index is 2.20. The molecule has 0 bridgehead atoms. The van der Waals surface area contributed by atoms with Crippen LogP contribution in [0.1, 0.15) is 23.2 Å². The molecule has 0 unspecified atom stereocenters. The molecule has 1 heterocycles. The van der Waals surface area contributed by atoms with Crippen molar-refractivity contribution in [2.45, 2.75) is 18.4 Å². The number of aliphatic hydroxyl groups is 1. The number of carbonyl (C=O) groups is 1. The standard InChI is InChI=1S/C13H15BrFNO3/c14-9-2-1-3-10(15)11(9)12(18)16-13(8-17)4-6-19-7-5-13/h1-3,17H,4-8H2,(H,16,18). The monoisotopic (exact) mass is 331 g/mol. The highest BCUT2D eigenvalue weighted by Crippen LogP contribution is 2.24. The van der Waals surface area contributed by atoms with E-state index in [1.54, 1.807) is 6.07 Å². The summed E-state index contributed by atoms with van der Waals surface area (Å²) in [5.74, 6) is -1.12. The summed E-state index contributed by atoms with van der Waals surface area (Å²) in [6, 6.07) is 4.36. The van der Waals surface area contributed by atoms with Gasteiger partial charge in [-0.05, 0) is 40.9 Å². The van der Waals surface area contributed by atoms with Gasteiger partial charge >= 0.3 is 0 Å². The van der Waals surface area contributed by atoms with E-state index >= 15 is 0 Å². The van der Waals surface area contributed by atoms with E-state index in [0.717, 1.165) is 0 Å². The van der Waals surface area contributed by atoms with Gasteiger partial charge in [-0.3, -0.25) is 4.79 Å². The maximum atomic E-state index is 13.7. The Morgan fingerprint density at radius 1 is 1.47 bits per heavy atom. The van der Waals surface area contributed by atoms with Crippen LogP contribution in [0.2, 0.25) is 0 Å². The molecular weight excluding hydrogens is 317 g/mol.